The van der Waals surface area contributed by atoms with E-state index in [0.717, 1.165) is 24.0 Å². The molecule has 1 heteroatoms. The first kappa shape index (κ1) is 12.7. The minimum atomic E-state index is -0.145. The summed E-state index contributed by atoms with van der Waals surface area (Å²) in [6.45, 7) is 8.77. The molecule has 19 heavy (non-hydrogen) atoms. The van der Waals surface area contributed by atoms with Crippen LogP contribution in [0.3, 0.4) is 0 Å². The standard InChI is InChI=1S/C18H22O/c1-12-5-7-13(8-6-12)11-14-15-9-10-18(4,16(14)19)17(15,2)3/h5-8,11,15H,9-10H2,1-4H3/b14-11+/t15-,18+/m1/s1. The van der Waals surface area contributed by atoms with Crippen molar-refractivity contribution in [2.24, 2.45) is 16.7 Å². The minimum absolute atomic E-state index is 0.112. The Morgan fingerprint density at radius 2 is 1.79 bits per heavy atom. The largest absolute Gasteiger partial charge is 0.294 e. The van der Waals surface area contributed by atoms with Crippen LogP contribution in [-0.2, 0) is 4.79 Å². The highest BCUT2D eigenvalue weighted by Gasteiger charge is 2.63. The van der Waals surface area contributed by atoms with Gasteiger partial charge in [0.1, 0.15) is 0 Å². The van der Waals surface area contributed by atoms with E-state index in [1.54, 1.807) is 0 Å². The lowest BCUT2D eigenvalue weighted by molar-refractivity contribution is -0.125. The summed E-state index contributed by atoms with van der Waals surface area (Å²) >= 11 is 0. The smallest absolute Gasteiger partial charge is 0.165 e. The second-order valence-corrected chi connectivity index (χ2v) is 6.98. The molecule has 0 aliphatic heterocycles. The highest BCUT2D eigenvalue weighted by atomic mass is 16.1. The number of hydrogen-bond acceptors (Lipinski definition) is 1. The Morgan fingerprint density at radius 3 is 2.32 bits per heavy atom. The molecule has 3 rings (SSSR count). The number of fused-ring (bicyclic) bond motifs is 2. The topological polar surface area (TPSA) is 17.1 Å². The molecular formula is C18H22O. The van der Waals surface area contributed by atoms with E-state index >= 15 is 0 Å². The molecular weight excluding hydrogens is 232 g/mol. The number of allylic oxidation sites excluding steroid dienone is 1. The number of Topliss-reactive ketones (excluding diaryl/α,β-unsaturated/α-hetero) is 1. The van der Waals surface area contributed by atoms with Gasteiger partial charge in [0.15, 0.2) is 5.78 Å². The molecule has 0 aromatic heterocycles. The molecule has 2 bridgehead atoms. The van der Waals surface area contributed by atoms with Crippen LogP contribution in [0.25, 0.3) is 6.08 Å². The van der Waals surface area contributed by atoms with Crippen LogP contribution >= 0.6 is 0 Å². The van der Waals surface area contributed by atoms with Gasteiger partial charge in [0.25, 0.3) is 0 Å². The van der Waals surface area contributed by atoms with Crippen molar-refractivity contribution in [3.05, 3.63) is 41.0 Å². The molecule has 0 amide bonds. The van der Waals surface area contributed by atoms with E-state index in [0.29, 0.717) is 11.7 Å². The van der Waals surface area contributed by atoms with Crippen molar-refractivity contribution >= 4 is 11.9 Å². The Bertz CT molecular complexity index is 562. The third-order valence-corrected chi connectivity index (χ3v) is 5.76. The molecule has 0 heterocycles. The minimum Gasteiger partial charge on any atom is -0.294 e. The van der Waals surface area contributed by atoms with E-state index in [2.05, 4.69) is 58.0 Å². The number of ketones is 1. The molecule has 0 radical (unpaired) electrons. The summed E-state index contributed by atoms with van der Waals surface area (Å²) in [7, 11) is 0. The van der Waals surface area contributed by atoms with E-state index in [1.165, 1.54) is 5.56 Å². The molecule has 2 fully saturated rings. The van der Waals surface area contributed by atoms with E-state index in [4.69, 9.17) is 0 Å². The Hall–Kier alpha value is -1.37. The van der Waals surface area contributed by atoms with Gasteiger partial charge >= 0.3 is 0 Å². The zero-order valence-corrected chi connectivity index (χ0v) is 12.3. The first-order chi connectivity index (χ1) is 8.86. The van der Waals surface area contributed by atoms with Crippen molar-refractivity contribution in [3.63, 3.8) is 0 Å². The first-order valence-electron chi connectivity index (χ1n) is 7.19. The Labute approximate surface area is 115 Å². The predicted molar refractivity (Wildman–Crippen MR) is 78.8 cm³/mol. The fourth-order valence-corrected chi connectivity index (χ4v) is 3.94. The molecule has 2 atom stereocenters. The summed E-state index contributed by atoms with van der Waals surface area (Å²) in [4.78, 5) is 12.7. The van der Waals surface area contributed by atoms with Crippen molar-refractivity contribution in [1.29, 1.82) is 0 Å². The Balaban J connectivity index is 2.04. The maximum absolute atomic E-state index is 12.7. The van der Waals surface area contributed by atoms with Crippen LogP contribution in [0.5, 0.6) is 0 Å². The van der Waals surface area contributed by atoms with Crippen LogP contribution in [-0.4, -0.2) is 5.78 Å². The SMILES string of the molecule is Cc1ccc(/C=C2/C(=O)[C@]3(C)CC[C@H]2C3(C)C)cc1. The summed E-state index contributed by atoms with van der Waals surface area (Å²) in [5.74, 6) is 0.820. The van der Waals surface area contributed by atoms with Crippen LogP contribution in [0.4, 0.5) is 0 Å². The summed E-state index contributed by atoms with van der Waals surface area (Å²) < 4.78 is 0. The van der Waals surface area contributed by atoms with Crippen LogP contribution in [0.1, 0.15) is 44.7 Å². The molecule has 100 valence electrons. The average Bonchev–Trinajstić information content (AvgIpc) is 2.66. The van der Waals surface area contributed by atoms with E-state index in [1.807, 2.05) is 0 Å². The highest BCUT2D eigenvalue weighted by molar-refractivity contribution is 6.07. The maximum Gasteiger partial charge on any atom is 0.165 e. The van der Waals surface area contributed by atoms with Gasteiger partial charge in [0.2, 0.25) is 0 Å². The number of hydrogen-bond donors (Lipinski definition) is 0. The van der Waals surface area contributed by atoms with Gasteiger partial charge in [0.05, 0.1) is 0 Å². The number of benzene rings is 1. The van der Waals surface area contributed by atoms with Gasteiger partial charge in [-0.15, -0.1) is 0 Å². The molecule has 0 spiro atoms. The van der Waals surface area contributed by atoms with Gasteiger partial charge in [-0.05, 0) is 48.3 Å². The highest BCUT2D eigenvalue weighted by Crippen LogP contribution is 2.65. The number of rotatable bonds is 1. The maximum atomic E-state index is 12.7. The molecule has 2 saturated carbocycles. The fraction of sp³-hybridized carbons (Fsp3) is 0.500. The van der Waals surface area contributed by atoms with Gasteiger partial charge in [0, 0.05) is 5.41 Å². The molecule has 1 aromatic rings. The zero-order valence-electron chi connectivity index (χ0n) is 12.3. The van der Waals surface area contributed by atoms with Gasteiger partial charge in [-0.1, -0.05) is 50.6 Å². The lowest BCUT2D eigenvalue weighted by atomic mass is 9.70. The number of aryl methyl sites for hydroxylation is 1. The fourth-order valence-electron chi connectivity index (χ4n) is 3.94. The molecule has 0 saturated heterocycles. The normalized spacial score (nSPS) is 34.2. The van der Waals surface area contributed by atoms with E-state index in [9.17, 15) is 4.79 Å². The quantitative estimate of drug-likeness (QED) is 0.679. The predicted octanol–water partition coefficient (Wildman–Crippen LogP) is 4.40. The van der Waals surface area contributed by atoms with Gasteiger partial charge < -0.3 is 0 Å². The molecule has 1 aromatic carbocycles. The van der Waals surface area contributed by atoms with Crippen molar-refractivity contribution in [3.8, 4) is 0 Å². The van der Waals surface area contributed by atoms with Crippen molar-refractivity contribution < 1.29 is 4.79 Å². The van der Waals surface area contributed by atoms with E-state index < -0.39 is 0 Å². The molecule has 2 aliphatic rings. The van der Waals surface area contributed by atoms with Crippen LogP contribution in [0, 0.1) is 23.7 Å². The summed E-state index contributed by atoms with van der Waals surface area (Å²) in [5, 5.41) is 0. The molecule has 0 unspecified atom stereocenters. The second kappa shape index (κ2) is 3.82. The van der Waals surface area contributed by atoms with Crippen molar-refractivity contribution in [1.82, 2.24) is 0 Å². The Morgan fingerprint density at radius 1 is 1.16 bits per heavy atom. The van der Waals surface area contributed by atoms with Crippen LogP contribution < -0.4 is 0 Å². The number of carbonyl (C=O) groups excluding carboxylic acids is 1. The number of carbonyl (C=O) groups is 1. The van der Waals surface area contributed by atoms with Gasteiger partial charge in [-0.2, -0.15) is 0 Å². The zero-order chi connectivity index (χ0) is 13.8. The lowest BCUT2D eigenvalue weighted by Gasteiger charge is -2.31. The monoisotopic (exact) mass is 254 g/mol. The van der Waals surface area contributed by atoms with Gasteiger partial charge in [-0.25, -0.2) is 0 Å². The lowest BCUT2D eigenvalue weighted by Crippen LogP contribution is -2.32. The summed E-state index contributed by atoms with van der Waals surface area (Å²) in [6, 6.07) is 8.43. The van der Waals surface area contributed by atoms with Crippen LogP contribution in [0.15, 0.2) is 29.8 Å². The van der Waals surface area contributed by atoms with E-state index in [-0.39, 0.29) is 10.8 Å². The van der Waals surface area contributed by atoms with Crippen LogP contribution in [0.2, 0.25) is 0 Å². The Kier molecular flexibility index (Phi) is 2.54. The second-order valence-electron chi connectivity index (χ2n) is 6.98. The molecule has 1 nitrogen and oxygen atoms in total. The third-order valence-electron chi connectivity index (χ3n) is 5.76. The van der Waals surface area contributed by atoms with Gasteiger partial charge in [-0.3, -0.25) is 4.79 Å². The average molecular weight is 254 g/mol. The third kappa shape index (κ3) is 1.57. The van der Waals surface area contributed by atoms with Crippen molar-refractivity contribution in [2.45, 2.75) is 40.5 Å². The molecule has 2 aliphatic carbocycles. The van der Waals surface area contributed by atoms with Crippen molar-refractivity contribution in [2.75, 3.05) is 0 Å². The summed E-state index contributed by atoms with van der Waals surface area (Å²) in [5.41, 5.74) is 3.44. The summed E-state index contributed by atoms with van der Waals surface area (Å²) in [6.07, 6.45) is 4.33. The molecule has 0 N–H and O–H groups in total. The first-order valence-corrected chi connectivity index (χ1v) is 7.19.